The second kappa shape index (κ2) is 8.41. The molecule has 0 unspecified atom stereocenters. The van der Waals surface area contributed by atoms with Gasteiger partial charge in [-0.1, -0.05) is 61.9 Å². The minimum absolute atomic E-state index is 0.0666. The van der Waals surface area contributed by atoms with E-state index in [1.165, 1.54) is 0 Å². The average Bonchev–Trinajstić information content (AvgIpc) is 3.47. The van der Waals surface area contributed by atoms with Gasteiger partial charge >= 0.3 is 12.1 Å². The van der Waals surface area contributed by atoms with Crippen LogP contribution in [0.3, 0.4) is 0 Å². The molecule has 4 rings (SSSR count). The highest BCUT2D eigenvalue weighted by atomic mass is 16.5. The average molecular weight is 422 g/mol. The SMILES string of the molecule is CCC[C@@H](NC(=O)C1(NC(=O)OCC2c3ccccc3-c3ccccc32)CC1)C(=O)O. The van der Waals surface area contributed by atoms with Crippen molar-refractivity contribution in [2.45, 2.75) is 50.1 Å². The molecule has 2 aromatic carbocycles. The van der Waals surface area contributed by atoms with Gasteiger partial charge in [-0.2, -0.15) is 0 Å². The fourth-order valence-corrected chi connectivity index (χ4v) is 4.21. The van der Waals surface area contributed by atoms with Crippen LogP contribution in [0, 0.1) is 0 Å². The summed E-state index contributed by atoms with van der Waals surface area (Å²) in [6.07, 6.45) is 1.21. The zero-order valence-corrected chi connectivity index (χ0v) is 17.4. The molecule has 0 saturated heterocycles. The van der Waals surface area contributed by atoms with E-state index < -0.39 is 29.6 Å². The first kappa shape index (κ1) is 20.9. The molecule has 2 aromatic rings. The fraction of sp³-hybridized carbons (Fsp3) is 0.375. The summed E-state index contributed by atoms with van der Waals surface area (Å²) in [7, 11) is 0. The van der Waals surface area contributed by atoms with Crippen LogP contribution in [0.5, 0.6) is 0 Å². The van der Waals surface area contributed by atoms with Gasteiger partial charge in [0.25, 0.3) is 0 Å². The number of nitrogens with one attached hydrogen (secondary N) is 2. The van der Waals surface area contributed by atoms with Gasteiger partial charge < -0.3 is 20.5 Å². The molecule has 0 aromatic heterocycles. The van der Waals surface area contributed by atoms with Crippen LogP contribution in [0.2, 0.25) is 0 Å². The first-order valence-electron chi connectivity index (χ1n) is 10.6. The summed E-state index contributed by atoms with van der Waals surface area (Å²) >= 11 is 0. The first-order valence-corrected chi connectivity index (χ1v) is 10.6. The van der Waals surface area contributed by atoms with E-state index in [1.54, 1.807) is 0 Å². The summed E-state index contributed by atoms with van der Waals surface area (Å²) in [6, 6.07) is 15.2. The van der Waals surface area contributed by atoms with Crippen molar-refractivity contribution >= 4 is 18.0 Å². The lowest BCUT2D eigenvalue weighted by Gasteiger charge is -2.21. The summed E-state index contributed by atoms with van der Waals surface area (Å²) < 4.78 is 5.52. The van der Waals surface area contributed by atoms with E-state index in [9.17, 15) is 19.5 Å². The third-order valence-corrected chi connectivity index (χ3v) is 6.05. The Morgan fingerprint density at radius 3 is 2.16 bits per heavy atom. The number of benzene rings is 2. The number of alkyl carbamates (subject to hydrolysis) is 1. The number of rotatable bonds is 8. The Morgan fingerprint density at radius 1 is 1.06 bits per heavy atom. The van der Waals surface area contributed by atoms with Crippen LogP contribution in [0.25, 0.3) is 11.1 Å². The van der Waals surface area contributed by atoms with Crippen LogP contribution < -0.4 is 10.6 Å². The van der Waals surface area contributed by atoms with Gasteiger partial charge in [0, 0.05) is 5.92 Å². The van der Waals surface area contributed by atoms with Gasteiger partial charge in [-0.3, -0.25) is 4.79 Å². The molecule has 0 aliphatic heterocycles. The molecule has 2 amide bonds. The van der Waals surface area contributed by atoms with Crippen LogP contribution in [0.15, 0.2) is 48.5 Å². The Labute approximate surface area is 180 Å². The molecule has 31 heavy (non-hydrogen) atoms. The second-order valence-electron chi connectivity index (χ2n) is 8.19. The molecule has 2 aliphatic rings. The molecule has 0 spiro atoms. The maximum Gasteiger partial charge on any atom is 0.408 e. The van der Waals surface area contributed by atoms with Crippen LogP contribution in [-0.2, 0) is 14.3 Å². The Morgan fingerprint density at radius 2 is 1.65 bits per heavy atom. The highest BCUT2D eigenvalue weighted by Gasteiger charge is 2.52. The highest BCUT2D eigenvalue weighted by molar-refractivity contribution is 5.95. The van der Waals surface area contributed by atoms with Crippen molar-refractivity contribution in [2.24, 2.45) is 0 Å². The number of carbonyl (C=O) groups excluding carboxylic acids is 2. The predicted octanol–water partition coefficient (Wildman–Crippen LogP) is 3.43. The molecule has 0 bridgehead atoms. The molecule has 1 atom stereocenters. The number of ether oxygens (including phenoxy) is 1. The molecular weight excluding hydrogens is 396 g/mol. The molecule has 2 aliphatic carbocycles. The van der Waals surface area contributed by atoms with Crippen molar-refractivity contribution in [3.63, 3.8) is 0 Å². The van der Waals surface area contributed by atoms with Gasteiger partial charge in [-0.15, -0.1) is 0 Å². The van der Waals surface area contributed by atoms with Crippen molar-refractivity contribution in [1.29, 1.82) is 0 Å². The normalized spacial score (nSPS) is 16.5. The summed E-state index contributed by atoms with van der Waals surface area (Å²) in [6.45, 7) is 2.01. The fourth-order valence-electron chi connectivity index (χ4n) is 4.21. The van der Waals surface area contributed by atoms with Gasteiger partial charge in [0.15, 0.2) is 0 Å². The Bertz CT molecular complexity index is 969. The molecule has 1 fully saturated rings. The van der Waals surface area contributed by atoms with E-state index in [-0.39, 0.29) is 12.5 Å². The topological polar surface area (TPSA) is 105 Å². The van der Waals surface area contributed by atoms with Crippen LogP contribution in [-0.4, -0.2) is 41.3 Å². The van der Waals surface area contributed by atoms with Crippen molar-refractivity contribution < 1.29 is 24.2 Å². The zero-order valence-electron chi connectivity index (χ0n) is 17.4. The van der Waals surface area contributed by atoms with E-state index in [0.29, 0.717) is 25.7 Å². The van der Waals surface area contributed by atoms with Crippen LogP contribution >= 0.6 is 0 Å². The summed E-state index contributed by atoms with van der Waals surface area (Å²) in [4.78, 5) is 36.4. The van der Waals surface area contributed by atoms with Crippen LogP contribution in [0.4, 0.5) is 4.79 Å². The van der Waals surface area contributed by atoms with Gasteiger partial charge in [0.2, 0.25) is 5.91 Å². The van der Waals surface area contributed by atoms with Crippen molar-refractivity contribution in [1.82, 2.24) is 10.6 Å². The van der Waals surface area contributed by atoms with E-state index in [4.69, 9.17) is 4.74 Å². The molecule has 7 nitrogen and oxygen atoms in total. The Kier molecular flexibility index (Phi) is 5.67. The molecular formula is C24H26N2O5. The largest absolute Gasteiger partial charge is 0.480 e. The number of amides is 2. The highest BCUT2D eigenvalue weighted by Crippen LogP contribution is 2.44. The number of hydrogen-bond donors (Lipinski definition) is 3. The van der Waals surface area contributed by atoms with E-state index in [0.717, 1.165) is 22.3 Å². The quantitative estimate of drug-likeness (QED) is 0.605. The second-order valence-corrected chi connectivity index (χ2v) is 8.19. The number of fused-ring (bicyclic) bond motifs is 3. The standard InChI is InChI=1S/C24H26N2O5/c1-2-7-20(21(27)28)25-22(29)24(12-13-24)26-23(30)31-14-19-17-10-5-3-8-15(17)16-9-4-6-11-18(16)19/h3-6,8-11,19-20H,2,7,12-14H2,1H3,(H,25,29)(H,26,30)(H,27,28)/t20-/m1/s1. The summed E-state index contributed by atoms with van der Waals surface area (Å²) in [5, 5.41) is 14.5. The van der Waals surface area contributed by atoms with Crippen molar-refractivity contribution in [2.75, 3.05) is 6.61 Å². The monoisotopic (exact) mass is 422 g/mol. The van der Waals surface area contributed by atoms with Crippen molar-refractivity contribution in [3.8, 4) is 11.1 Å². The first-order chi connectivity index (χ1) is 14.9. The smallest absolute Gasteiger partial charge is 0.408 e. The molecule has 162 valence electrons. The maximum absolute atomic E-state index is 12.6. The van der Waals surface area contributed by atoms with E-state index in [1.807, 2.05) is 43.3 Å². The van der Waals surface area contributed by atoms with E-state index in [2.05, 4.69) is 22.8 Å². The van der Waals surface area contributed by atoms with Gasteiger partial charge in [-0.05, 0) is 41.5 Å². The number of carboxylic acids is 1. The molecule has 7 heteroatoms. The lowest BCUT2D eigenvalue weighted by Crippen LogP contribution is -2.53. The number of carbonyl (C=O) groups is 3. The van der Waals surface area contributed by atoms with Gasteiger partial charge in [0.1, 0.15) is 18.2 Å². The van der Waals surface area contributed by atoms with Crippen LogP contribution in [0.1, 0.15) is 49.7 Å². The maximum atomic E-state index is 12.6. The molecule has 0 heterocycles. The predicted molar refractivity (Wildman–Crippen MR) is 115 cm³/mol. The van der Waals surface area contributed by atoms with Gasteiger partial charge in [-0.25, -0.2) is 9.59 Å². The minimum Gasteiger partial charge on any atom is -0.480 e. The zero-order chi connectivity index (χ0) is 22.0. The lowest BCUT2D eigenvalue weighted by molar-refractivity contribution is -0.142. The number of hydrogen-bond acceptors (Lipinski definition) is 4. The third kappa shape index (κ3) is 4.13. The van der Waals surface area contributed by atoms with E-state index >= 15 is 0 Å². The number of carboxylic acid groups (broad SMARTS) is 1. The van der Waals surface area contributed by atoms with Crippen molar-refractivity contribution in [3.05, 3.63) is 59.7 Å². The third-order valence-electron chi connectivity index (χ3n) is 6.05. The Balaban J connectivity index is 1.39. The molecule has 1 saturated carbocycles. The summed E-state index contributed by atoms with van der Waals surface area (Å²) in [5.41, 5.74) is 3.42. The Hall–Kier alpha value is -3.35. The molecule has 3 N–H and O–H groups in total. The molecule has 0 radical (unpaired) electrons. The number of aliphatic carboxylic acids is 1. The lowest BCUT2D eigenvalue weighted by atomic mass is 9.98. The minimum atomic E-state index is -1.08. The summed E-state index contributed by atoms with van der Waals surface area (Å²) in [5.74, 6) is -1.61. The van der Waals surface area contributed by atoms with Gasteiger partial charge in [0.05, 0.1) is 0 Å².